The highest BCUT2D eigenvalue weighted by molar-refractivity contribution is 8.01. The zero-order valence-corrected chi connectivity index (χ0v) is 9.37. The topological polar surface area (TPSA) is 12.0 Å². The van der Waals surface area contributed by atoms with E-state index in [0.717, 1.165) is 17.1 Å². The molecule has 0 atom stereocenters. The van der Waals surface area contributed by atoms with E-state index in [4.69, 9.17) is 0 Å². The molecule has 0 bridgehead atoms. The Morgan fingerprint density at radius 1 is 1.27 bits per heavy atom. The highest BCUT2D eigenvalue weighted by Gasteiger charge is 2.37. The van der Waals surface area contributed by atoms with Gasteiger partial charge < -0.3 is 5.32 Å². The van der Waals surface area contributed by atoms with Gasteiger partial charge in [0.25, 0.3) is 0 Å². The fourth-order valence-corrected chi connectivity index (χ4v) is 4.08. The van der Waals surface area contributed by atoms with E-state index in [9.17, 15) is 4.39 Å². The van der Waals surface area contributed by atoms with E-state index in [0.29, 0.717) is 4.75 Å². The SMILES string of the molecule is Fc1ccc2c(c1)SC1(CCCC1)CN2. The van der Waals surface area contributed by atoms with Gasteiger partial charge in [-0.05, 0) is 31.0 Å². The molecular weight excluding hydrogens is 209 g/mol. The molecule has 1 spiro atoms. The number of nitrogens with one attached hydrogen (secondary N) is 1. The van der Waals surface area contributed by atoms with Gasteiger partial charge in [-0.15, -0.1) is 11.8 Å². The van der Waals surface area contributed by atoms with Gasteiger partial charge in [-0.3, -0.25) is 0 Å². The van der Waals surface area contributed by atoms with Crippen LogP contribution in [0.1, 0.15) is 25.7 Å². The number of fused-ring (bicyclic) bond motifs is 1. The van der Waals surface area contributed by atoms with Crippen molar-refractivity contribution >= 4 is 17.4 Å². The van der Waals surface area contributed by atoms with Gasteiger partial charge >= 0.3 is 0 Å². The molecule has 0 unspecified atom stereocenters. The number of halogens is 1. The Bertz CT molecular complexity index is 385. The van der Waals surface area contributed by atoms with Gasteiger partial charge in [0.15, 0.2) is 0 Å². The summed E-state index contributed by atoms with van der Waals surface area (Å²) in [4.78, 5) is 1.09. The van der Waals surface area contributed by atoms with Crippen LogP contribution in [0, 0.1) is 5.82 Å². The van der Waals surface area contributed by atoms with Gasteiger partial charge in [-0.25, -0.2) is 4.39 Å². The minimum Gasteiger partial charge on any atom is -0.383 e. The second kappa shape index (κ2) is 3.41. The van der Waals surface area contributed by atoms with Gasteiger partial charge in [-0.2, -0.15) is 0 Å². The molecule has 0 aromatic heterocycles. The molecule has 1 aliphatic carbocycles. The van der Waals surface area contributed by atoms with Crippen molar-refractivity contribution in [1.82, 2.24) is 0 Å². The Hall–Kier alpha value is -0.700. The summed E-state index contributed by atoms with van der Waals surface area (Å²) < 4.78 is 13.5. The zero-order chi connectivity index (χ0) is 10.3. The molecule has 1 aromatic rings. The average molecular weight is 223 g/mol. The molecule has 1 aliphatic heterocycles. The van der Waals surface area contributed by atoms with Crippen molar-refractivity contribution in [2.24, 2.45) is 0 Å². The molecule has 15 heavy (non-hydrogen) atoms. The number of anilines is 1. The first-order valence-corrected chi connectivity index (χ1v) is 6.32. The highest BCUT2D eigenvalue weighted by atomic mass is 32.2. The van der Waals surface area contributed by atoms with E-state index in [-0.39, 0.29) is 5.82 Å². The number of rotatable bonds is 0. The van der Waals surface area contributed by atoms with Crippen molar-refractivity contribution in [1.29, 1.82) is 0 Å². The lowest BCUT2D eigenvalue weighted by molar-refractivity contribution is 0.614. The van der Waals surface area contributed by atoms with E-state index in [1.807, 2.05) is 17.8 Å². The second-order valence-corrected chi connectivity index (χ2v) is 6.00. The maximum atomic E-state index is 13.1. The third kappa shape index (κ3) is 1.63. The van der Waals surface area contributed by atoms with Gasteiger partial charge in [0.05, 0.1) is 0 Å². The molecule has 0 radical (unpaired) electrons. The Morgan fingerprint density at radius 3 is 2.87 bits per heavy atom. The van der Waals surface area contributed by atoms with Crippen LogP contribution >= 0.6 is 11.8 Å². The van der Waals surface area contributed by atoms with Crippen LogP contribution in [0.3, 0.4) is 0 Å². The van der Waals surface area contributed by atoms with Crippen LogP contribution in [0.15, 0.2) is 23.1 Å². The molecule has 3 heteroatoms. The lowest BCUT2D eigenvalue weighted by Crippen LogP contribution is -2.33. The molecule has 1 aromatic carbocycles. The number of thioether (sulfide) groups is 1. The molecule has 1 heterocycles. The summed E-state index contributed by atoms with van der Waals surface area (Å²) in [7, 11) is 0. The number of hydrogen-bond donors (Lipinski definition) is 1. The minimum atomic E-state index is -0.127. The maximum Gasteiger partial charge on any atom is 0.124 e. The van der Waals surface area contributed by atoms with Crippen LogP contribution in [-0.4, -0.2) is 11.3 Å². The summed E-state index contributed by atoms with van der Waals surface area (Å²) in [5.74, 6) is -0.127. The predicted molar refractivity (Wildman–Crippen MR) is 61.9 cm³/mol. The largest absolute Gasteiger partial charge is 0.383 e. The Kier molecular flexibility index (Phi) is 2.16. The van der Waals surface area contributed by atoms with E-state index >= 15 is 0 Å². The standard InChI is InChI=1S/C12H14FNS/c13-9-3-4-10-11(7-9)15-12(8-14-10)5-1-2-6-12/h3-4,7,14H,1-2,5-6,8H2. The molecule has 2 aliphatic rings. The monoisotopic (exact) mass is 223 g/mol. The third-order valence-electron chi connectivity index (χ3n) is 3.39. The van der Waals surface area contributed by atoms with Gasteiger partial charge in [0, 0.05) is 21.9 Å². The smallest absolute Gasteiger partial charge is 0.124 e. The Balaban J connectivity index is 1.94. The molecular formula is C12H14FNS. The summed E-state index contributed by atoms with van der Waals surface area (Å²) in [5, 5.41) is 3.44. The fraction of sp³-hybridized carbons (Fsp3) is 0.500. The van der Waals surface area contributed by atoms with Crippen molar-refractivity contribution in [3.05, 3.63) is 24.0 Å². The fourth-order valence-electron chi connectivity index (χ4n) is 2.55. The molecule has 0 amide bonds. The molecule has 1 fully saturated rings. The molecule has 80 valence electrons. The van der Waals surface area contributed by atoms with E-state index in [2.05, 4.69) is 5.32 Å². The average Bonchev–Trinajstić information content (AvgIpc) is 2.66. The second-order valence-electron chi connectivity index (χ2n) is 4.49. The number of hydrogen-bond acceptors (Lipinski definition) is 2. The first-order chi connectivity index (χ1) is 7.27. The quantitative estimate of drug-likeness (QED) is 0.720. The Labute approximate surface area is 93.4 Å². The first kappa shape index (κ1) is 9.52. The lowest BCUT2D eigenvalue weighted by atomic mass is 10.1. The van der Waals surface area contributed by atoms with E-state index in [1.54, 1.807) is 6.07 Å². The summed E-state index contributed by atoms with van der Waals surface area (Å²) in [6.07, 6.45) is 5.17. The van der Waals surface area contributed by atoms with Crippen molar-refractivity contribution < 1.29 is 4.39 Å². The highest BCUT2D eigenvalue weighted by Crippen LogP contribution is 2.50. The molecule has 0 saturated heterocycles. The Morgan fingerprint density at radius 2 is 2.07 bits per heavy atom. The summed E-state index contributed by atoms with van der Waals surface area (Å²) in [6.45, 7) is 1.04. The lowest BCUT2D eigenvalue weighted by Gasteiger charge is -2.34. The van der Waals surface area contributed by atoms with Crippen LogP contribution in [0.4, 0.5) is 10.1 Å². The minimum absolute atomic E-state index is 0.127. The maximum absolute atomic E-state index is 13.1. The summed E-state index contributed by atoms with van der Waals surface area (Å²) in [5.41, 5.74) is 1.10. The zero-order valence-electron chi connectivity index (χ0n) is 8.55. The van der Waals surface area contributed by atoms with Gasteiger partial charge in [0.1, 0.15) is 5.82 Å². The van der Waals surface area contributed by atoms with Crippen LogP contribution in [0.2, 0.25) is 0 Å². The van der Waals surface area contributed by atoms with Crippen LogP contribution in [0.25, 0.3) is 0 Å². The van der Waals surface area contributed by atoms with Crippen molar-refractivity contribution in [3.8, 4) is 0 Å². The van der Waals surface area contributed by atoms with Gasteiger partial charge in [-0.1, -0.05) is 12.8 Å². The third-order valence-corrected chi connectivity index (χ3v) is 4.93. The molecule has 1 saturated carbocycles. The first-order valence-electron chi connectivity index (χ1n) is 5.50. The predicted octanol–water partition coefficient (Wildman–Crippen LogP) is 3.66. The van der Waals surface area contributed by atoms with Crippen molar-refractivity contribution in [2.45, 2.75) is 35.3 Å². The molecule has 1 nitrogen and oxygen atoms in total. The van der Waals surface area contributed by atoms with Crippen LogP contribution < -0.4 is 5.32 Å². The normalized spacial score (nSPS) is 22.5. The van der Waals surface area contributed by atoms with Crippen LogP contribution in [0.5, 0.6) is 0 Å². The van der Waals surface area contributed by atoms with E-state index in [1.165, 1.54) is 31.7 Å². The van der Waals surface area contributed by atoms with Crippen molar-refractivity contribution in [2.75, 3.05) is 11.9 Å². The van der Waals surface area contributed by atoms with Crippen molar-refractivity contribution in [3.63, 3.8) is 0 Å². The van der Waals surface area contributed by atoms with Gasteiger partial charge in [0.2, 0.25) is 0 Å². The van der Waals surface area contributed by atoms with Crippen LogP contribution in [-0.2, 0) is 0 Å². The molecule has 3 rings (SSSR count). The number of benzene rings is 1. The molecule has 1 N–H and O–H groups in total. The van der Waals surface area contributed by atoms with E-state index < -0.39 is 0 Å². The summed E-state index contributed by atoms with van der Waals surface area (Å²) >= 11 is 1.88. The summed E-state index contributed by atoms with van der Waals surface area (Å²) in [6, 6.07) is 5.03.